The number of fused-ring (bicyclic) bond motifs is 8. The van der Waals surface area contributed by atoms with Gasteiger partial charge in [0.1, 0.15) is 11.2 Å². The standard InChI is InChI=1S/C38H22N4O/c1-2-11-24(12-3-1)36-40-37(29-15-8-18-33-35(29)28-14-6-7-17-32(28)43-33)42-38(41-36)30-22-31-27(16-9-21-39-31)34-25-13-5-4-10-23(25)19-20-26(30)34/h1-22H. The highest BCUT2D eigenvalue weighted by atomic mass is 16.3. The molecule has 3 heterocycles. The molecular formula is C38H22N4O. The highest BCUT2D eigenvalue weighted by Gasteiger charge is 2.20. The lowest BCUT2D eigenvalue weighted by atomic mass is 9.94. The topological polar surface area (TPSA) is 64.7 Å². The van der Waals surface area contributed by atoms with Gasteiger partial charge in [-0.3, -0.25) is 4.98 Å². The molecule has 0 aliphatic heterocycles. The molecule has 6 aromatic carbocycles. The van der Waals surface area contributed by atoms with Gasteiger partial charge in [0.25, 0.3) is 0 Å². The van der Waals surface area contributed by atoms with Gasteiger partial charge in [0.2, 0.25) is 0 Å². The summed E-state index contributed by atoms with van der Waals surface area (Å²) in [5.41, 5.74) is 5.27. The molecule has 0 aliphatic carbocycles. The molecule has 43 heavy (non-hydrogen) atoms. The molecule has 200 valence electrons. The van der Waals surface area contributed by atoms with Crippen LogP contribution in [0.5, 0.6) is 0 Å². The first-order valence-electron chi connectivity index (χ1n) is 14.2. The summed E-state index contributed by atoms with van der Waals surface area (Å²) >= 11 is 0. The average Bonchev–Trinajstić information content (AvgIpc) is 3.47. The lowest BCUT2D eigenvalue weighted by molar-refractivity contribution is 0.669. The third-order valence-electron chi connectivity index (χ3n) is 8.16. The molecule has 9 aromatic rings. The Kier molecular flexibility index (Phi) is 5.13. The lowest BCUT2D eigenvalue weighted by Crippen LogP contribution is -2.01. The summed E-state index contributed by atoms with van der Waals surface area (Å²) in [6.07, 6.45) is 1.84. The molecule has 0 saturated carbocycles. The van der Waals surface area contributed by atoms with Crippen LogP contribution >= 0.6 is 0 Å². The summed E-state index contributed by atoms with van der Waals surface area (Å²) < 4.78 is 6.21. The van der Waals surface area contributed by atoms with Gasteiger partial charge in [0.15, 0.2) is 17.5 Å². The minimum Gasteiger partial charge on any atom is -0.456 e. The van der Waals surface area contributed by atoms with Crippen LogP contribution < -0.4 is 0 Å². The second-order valence-corrected chi connectivity index (χ2v) is 10.7. The van der Waals surface area contributed by atoms with Gasteiger partial charge in [-0.05, 0) is 45.8 Å². The minimum atomic E-state index is 0.594. The fourth-order valence-corrected chi connectivity index (χ4v) is 6.22. The summed E-state index contributed by atoms with van der Waals surface area (Å²) in [4.78, 5) is 20.1. The molecule has 0 spiro atoms. The third-order valence-corrected chi connectivity index (χ3v) is 8.16. The van der Waals surface area contributed by atoms with Crippen LogP contribution in [0, 0.1) is 0 Å². The largest absolute Gasteiger partial charge is 0.456 e. The highest BCUT2D eigenvalue weighted by Crippen LogP contribution is 2.40. The Morgan fingerprint density at radius 3 is 2.07 bits per heavy atom. The van der Waals surface area contributed by atoms with E-state index < -0.39 is 0 Å². The molecule has 0 N–H and O–H groups in total. The van der Waals surface area contributed by atoms with E-state index in [9.17, 15) is 0 Å². The molecule has 5 heteroatoms. The summed E-state index contributed by atoms with van der Waals surface area (Å²) in [6.45, 7) is 0. The predicted molar refractivity (Wildman–Crippen MR) is 174 cm³/mol. The molecule has 0 aliphatic rings. The fraction of sp³-hybridized carbons (Fsp3) is 0. The van der Waals surface area contributed by atoms with Crippen molar-refractivity contribution >= 4 is 54.4 Å². The van der Waals surface area contributed by atoms with Gasteiger partial charge in [-0.2, -0.15) is 0 Å². The van der Waals surface area contributed by atoms with Crippen LogP contribution in [0.3, 0.4) is 0 Å². The first kappa shape index (κ1) is 23.7. The number of rotatable bonds is 3. The molecule has 0 unspecified atom stereocenters. The summed E-state index contributed by atoms with van der Waals surface area (Å²) in [5.74, 6) is 1.80. The Hall–Kier alpha value is -5.94. The van der Waals surface area contributed by atoms with E-state index in [-0.39, 0.29) is 0 Å². The van der Waals surface area contributed by atoms with Gasteiger partial charge < -0.3 is 4.42 Å². The number of furan rings is 1. The van der Waals surface area contributed by atoms with E-state index in [0.29, 0.717) is 17.5 Å². The Bertz CT molecular complexity index is 2500. The van der Waals surface area contributed by atoms with Crippen LogP contribution in [0.1, 0.15) is 0 Å². The summed E-state index contributed by atoms with van der Waals surface area (Å²) in [7, 11) is 0. The van der Waals surface area contributed by atoms with E-state index in [2.05, 4.69) is 60.7 Å². The fourth-order valence-electron chi connectivity index (χ4n) is 6.22. The van der Waals surface area contributed by atoms with Gasteiger partial charge in [0, 0.05) is 39.0 Å². The molecule has 5 nitrogen and oxygen atoms in total. The third kappa shape index (κ3) is 3.72. The van der Waals surface area contributed by atoms with Crippen molar-refractivity contribution < 1.29 is 4.42 Å². The maximum absolute atomic E-state index is 6.21. The van der Waals surface area contributed by atoms with Crippen molar-refractivity contribution in [2.75, 3.05) is 0 Å². The minimum absolute atomic E-state index is 0.594. The quantitative estimate of drug-likeness (QED) is 0.205. The van der Waals surface area contributed by atoms with Crippen LogP contribution in [-0.4, -0.2) is 19.9 Å². The smallest absolute Gasteiger partial charge is 0.164 e. The highest BCUT2D eigenvalue weighted by molar-refractivity contribution is 6.23. The second kappa shape index (κ2) is 9.29. The number of pyridine rings is 1. The Balaban J connectivity index is 1.40. The van der Waals surface area contributed by atoms with Crippen LogP contribution in [0.25, 0.3) is 88.5 Å². The molecule has 0 bridgehead atoms. The van der Waals surface area contributed by atoms with Crippen molar-refractivity contribution in [1.82, 2.24) is 19.9 Å². The second-order valence-electron chi connectivity index (χ2n) is 10.7. The molecule has 0 amide bonds. The number of hydrogen-bond donors (Lipinski definition) is 0. The zero-order chi connectivity index (χ0) is 28.3. The van der Waals surface area contributed by atoms with Crippen molar-refractivity contribution in [1.29, 1.82) is 0 Å². The Morgan fingerprint density at radius 2 is 1.16 bits per heavy atom. The zero-order valence-electron chi connectivity index (χ0n) is 22.9. The number of para-hydroxylation sites is 1. The van der Waals surface area contributed by atoms with Crippen molar-refractivity contribution in [3.05, 3.63) is 134 Å². The number of hydrogen-bond acceptors (Lipinski definition) is 5. The van der Waals surface area contributed by atoms with E-state index in [0.717, 1.165) is 60.3 Å². The summed E-state index contributed by atoms with van der Waals surface area (Å²) in [6, 6.07) is 43.3. The van der Waals surface area contributed by atoms with Crippen molar-refractivity contribution in [2.24, 2.45) is 0 Å². The molecule has 0 fully saturated rings. The normalized spacial score (nSPS) is 11.7. The number of aromatic nitrogens is 4. The average molecular weight is 551 g/mol. The maximum atomic E-state index is 6.21. The molecule has 0 atom stereocenters. The molecule has 0 radical (unpaired) electrons. The lowest BCUT2D eigenvalue weighted by Gasteiger charge is -2.14. The van der Waals surface area contributed by atoms with E-state index in [1.165, 1.54) is 10.8 Å². The monoisotopic (exact) mass is 550 g/mol. The number of nitrogens with zero attached hydrogens (tertiary/aromatic N) is 4. The molecular weight excluding hydrogens is 528 g/mol. The van der Waals surface area contributed by atoms with Crippen LogP contribution in [0.4, 0.5) is 0 Å². The van der Waals surface area contributed by atoms with Gasteiger partial charge in [0.05, 0.1) is 5.52 Å². The number of benzene rings is 6. The van der Waals surface area contributed by atoms with Crippen LogP contribution in [0.15, 0.2) is 138 Å². The van der Waals surface area contributed by atoms with E-state index in [1.807, 2.05) is 72.9 Å². The maximum Gasteiger partial charge on any atom is 0.164 e. The van der Waals surface area contributed by atoms with Crippen molar-refractivity contribution in [3.8, 4) is 34.2 Å². The first-order valence-corrected chi connectivity index (χ1v) is 14.2. The molecule has 3 aromatic heterocycles. The Morgan fingerprint density at radius 1 is 0.442 bits per heavy atom. The van der Waals surface area contributed by atoms with Crippen molar-refractivity contribution in [3.63, 3.8) is 0 Å². The van der Waals surface area contributed by atoms with E-state index in [1.54, 1.807) is 0 Å². The Labute approximate surface area is 246 Å². The predicted octanol–water partition coefficient (Wildman–Crippen LogP) is 9.63. The van der Waals surface area contributed by atoms with Gasteiger partial charge in [-0.15, -0.1) is 0 Å². The van der Waals surface area contributed by atoms with E-state index in [4.69, 9.17) is 24.4 Å². The first-order chi connectivity index (χ1) is 21.3. The SMILES string of the molecule is c1ccc(-c2nc(-c3cc4ncccc4c4c3ccc3ccccc34)nc(-c3cccc4oc5ccccc5c34)n2)cc1. The zero-order valence-corrected chi connectivity index (χ0v) is 22.9. The molecule has 0 saturated heterocycles. The van der Waals surface area contributed by atoms with Gasteiger partial charge in [-0.1, -0.05) is 103 Å². The molecule has 9 rings (SSSR count). The van der Waals surface area contributed by atoms with E-state index >= 15 is 0 Å². The van der Waals surface area contributed by atoms with Gasteiger partial charge in [-0.25, -0.2) is 15.0 Å². The van der Waals surface area contributed by atoms with Crippen LogP contribution in [0.2, 0.25) is 0 Å². The van der Waals surface area contributed by atoms with Gasteiger partial charge >= 0.3 is 0 Å². The summed E-state index contributed by atoms with van der Waals surface area (Å²) in [5, 5.41) is 7.69. The van der Waals surface area contributed by atoms with Crippen molar-refractivity contribution in [2.45, 2.75) is 0 Å². The van der Waals surface area contributed by atoms with Crippen LogP contribution in [-0.2, 0) is 0 Å².